The SMILES string of the molecule is C[Si](C)(C)CCCC(O)C(O)CO. The van der Waals surface area contributed by atoms with Crippen LogP contribution in [0.1, 0.15) is 12.8 Å². The van der Waals surface area contributed by atoms with E-state index in [2.05, 4.69) is 19.6 Å². The van der Waals surface area contributed by atoms with Gasteiger partial charge in [-0.1, -0.05) is 32.1 Å². The highest BCUT2D eigenvalue weighted by Crippen LogP contribution is 2.14. The minimum absolute atomic E-state index is 0.353. The zero-order chi connectivity index (χ0) is 10.5. The molecule has 0 aromatic rings. The quantitative estimate of drug-likeness (QED) is 0.564. The van der Waals surface area contributed by atoms with E-state index in [1.807, 2.05) is 0 Å². The van der Waals surface area contributed by atoms with Gasteiger partial charge in [-0.25, -0.2) is 0 Å². The molecule has 13 heavy (non-hydrogen) atoms. The molecular formula is C9H22O3Si. The Hall–Kier alpha value is 0.0969. The Bertz CT molecular complexity index is 133. The van der Waals surface area contributed by atoms with Crippen LogP contribution in [-0.2, 0) is 0 Å². The van der Waals surface area contributed by atoms with Crippen molar-refractivity contribution in [3.63, 3.8) is 0 Å². The average Bonchev–Trinajstić information content (AvgIpc) is 2.00. The van der Waals surface area contributed by atoms with Crippen molar-refractivity contribution < 1.29 is 15.3 Å². The molecule has 80 valence electrons. The monoisotopic (exact) mass is 206 g/mol. The van der Waals surface area contributed by atoms with Gasteiger partial charge in [-0.3, -0.25) is 0 Å². The van der Waals surface area contributed by atoms with Crippen molar-refractivity contribution in [3.05, 3.63) is 0 Å². The fourth-order valence-electron chi connectivity index (χ4n) is 1.16. The van der Waals surface area contributed by atoms with Crippen molar-refractivity contribution >= 4 is 8.07 Å². The van der Waals surface area contributed by atoms with E-state index < -0.39 is 20.3 Å². The second kappa shape index (κ2) is 5.75. The number of rotatable bonds is 6. The summed E-state index contributed by atoms with van der Waals surface area (Å²) in [4.78, 5) is 0. The highest BCUT2D eigenvalue weighted by molar-refractivity contribution is 6.76. The van der Waals surface area contributed by atoms with Crippen molar-refractivity contribution in [1.82, 2.24) is 0 Å². The molecule has 3 N–H and O–H groups in total. The molecule has 0 heterocycles. The van der Waals surface area contributed by atoms with E-state index in [0.717, 1.165) is 12.5 Å². The highest BCUT2D eigenvalue weighted by atomic mass is 28.3. The Balaban J connectivity index is 3.53. The molecule has 0 saturated carbocycles. The van der Waals surface area contributed by atoms with Crippen molar-refractivity contribution in [3.8, 4) is 0 Å². The summed E-state index contributed by atoms with van der Waals surface area (Å²) in [7, 11) is -1.02. The summed E-state index contributed by atoms with van der Waals surface area (Å²) in [6.45, 7) is 6.49. The van der Waals surface area contributed by atoms with Gasteiger partial charge in [-0.2, -0.15) is 0 Å². The second-order valence-corrected chi connectivity index (χ2v) is 10.4. The van der Waals surface area contributed by atoms with E-state index in [1.54, 1.807) is 0 Å². The molecule has 0 fully saturated rings. The third kappa shape index (κ3) is 7.19. The Morgan fingerprint density at radius 3 is 2.00 bits per heavy atom. The van der Waals surface area contributed by atoms with Crippen LogP contribution in [0.15, 0.2) is 0 Å². The zero-order valence-electron chi connectivity index (χ0n) is 8.82. The molecule has 3 nitrogen and oxygen atoms in total. The summed E-state index contributed by atoms with van der Waals surface area (Å²) in [5.74, 6) is 0. The number of hydrogen-bond acceptors (Lipinski definition) is 3. The first-order valence-electron chi connectivity index (χ1n) is 4.84. The zero-order valence-corrected chi connectivity index (χ0v) is 9.82. The summed E-state index contributed by atoms with van der Waals surface area (Å²) in [5.41, 5.74) is 0. The molecule has 0 aliphatic rings. The fourth-order valence-corrected chi connectivity index (χ4v) is 2.42. The van der Waals surface area contributed by atoms with Gasteiger partial charge in [-0.05, 0) is 6.42 Å². The summed E-state index contributed by atoms with van der Waals surface area (Å²) in [6, 6.07) is 1.15. The van der Waals surface area contributed by atoms with E-state index >= 15 is 0 Å². The number of aliphatic hydroxyl groups excluding tert-OH is 3. The molecule has 0 aromatic heterocycles. The van der Waals surface area contributed by atoms with E-state index in [0.29, 0.717) is 6.42 Å². The molecule has 0 rings (SSSR count). The van der Waals surface area contributed by atoms with Crippen LogP contribution in [0, 0.1) is 0 Å². The van der Waals surface area contributed by atoms with E-state index in [9.17, 15) is 5.11 Å². The van der Waals surface area contributed by atoms with Gasteiger partial charge in [0.25, 0.3) is 0 Å². The molecule has 0 bridgehead atoms. The predicted octanol–water partition coefficient (Wildman–Crippen LogP) is 0.819. The van der Waals surface area contributed by atoms with Gasteiger partial charge in [0.05, 0.1) is 12.7 Å². The number of hydrogen-bond donors (Lipinski definition) is 3. The van der Waals surface area contributed by atoms with Crippen LogP contribution in [0.2, 0.25) is 25.7 Å². The first-order chi connectivity index (χ1) is 5.87. The van der Waals surface area contributed by atoms with E-state index in [4.69, 9.17) is 10.2 Å². The third-order valence-corrected chi connectivity index (χ3v) is 3.91. The maximum atomic E-state index is 9.32. The van der Waals surface area contributed by atoms with Crippen LogP contribution >= 0.6 is 0 Å². The van der Waals surface area contributed by atoms with Crippen LogP contribution in [-0.4, -0.2) is 42.2 Å². The van der Waals surface area contributed by atoms with Crippen molar-refractivity contribution in [2.24, 2.45) is 0 Å². The Morgan fingerprint density at radius 2 is 1.62 bits per heavy atom. The molecule has 4 heteroatoms. The van der Waals surface area contributed by atoms with Gasteiger partial charge in [0, 0.05) is 8.07 Å². The first-order valence-corrected chi connectivity index (χ1v) is 8.54. The van der Waals surface area contributed by atoms with Crippen molar-refractivity contribution in [2.75, 3.05) is 6.61 Å². The summed E-state index contributed by atoms with van der Waals surface area (Å²) < 4.78 is 0. The summed E-state index contributed by atoms with van der Waals surface area (Å²) >= 11 is 0. The Labute approximate surface area is 81.4 Å². The molecule has 0 radical (unpaired) electrons. The van der Waals surface area contributed by atoms with Crippen molar-refractivity contribution in [2.45, 2.75) is 50.7 Å². The second-order valence-electron chi connectivity index (χ2n) is 4.77. The molecule has 2 atom stereocenters. The largest absolute Gasteiger partial charge is 0.394 e. The minimum atomic E-state index is -1.02. The van der Waals surface area contributed by atoms with Crippen molar-refractivity contribution in [1.29, 1.82) is 0 Å². The molecule has 2 unspecified atom stereocenters. The summed E-state index contributed by atoms with van der Waals surface area (Å²) in [5, 5.41) is 27.0. The van der Waals surface area contributed by atoms with Gasteiger partial charge in [-0.15, -0.1) is 0 Å². The molecule has 0 aliphatic heterocycles. The van der Waals surface area contributed by atoms with Gasteiger partial charge in [0.15, 0.2) is 0 Å². The average molecular weight is 206 g/mol. The van der Waals surface area contributed by atoms with Gasteiger partial charge >= 0.3 is 0 Å². The maximum absolute atomic E-state index is 9.32. The number of aliphatic hydroxyl groups is 3. The highest BCUT2D eigenvalue weighted by Gasteiger charge is 2.17. The van der Waals surface area contributed by atoms with E-state index in [-0.39, 0.29) is 6.61 Å². The lowest BCUT2D eigenvalue weighted by atomic mass is 10.1. The first kappa shape index (κ1) is 13.1. The van der Waals surface area contributed by atoms with Crippen LogP contribution in [0.5, 0.6) is 0 Å². The topological polar surface area (TPSA) is 60.7 Å². The molecule has 0 spiro atoms. The normalized spacial score (nSPS) is 17.1. The van der Waals surface area contributed by atoms with Crippen LogP contribution < -0.4 is 0 Å². The van der Waals surface area contributed by atoms with Gasteiger partial charge in [0.2, 0.25) is 0 Å². The smallest absolute Gasteiger partial charge is 0.103 e. The van der Waals surface area contributed by atoms with Crippen LogP contribution in [0.25, 0.3) is 0 Å². The van der Waals surface area contributed by atoms with Gasteiger partial charge in [0.1, 0.15) is 6.10 Å². The standard InChI is InChI=1S/C9H22O3Si/c1-13(2,3)6-4-5-8(11)9(12)7-10/h8-12H,4-7H2,1-3H3. The molecule has 0 amide bonds. The molecule has 0 aliphatic carbocycles. The lowest BCUT2D eigenvalue weighted by Crippen LogP contribution is -2.30. The molecule has 0 saturated heterocycles. The minimum Gasteiger partial charge on any atom is -0.394 e. The Morgan fingerprint density at radius 1 is 1.08 bits per heavy atom. The molecular weight excluding hydrogens is 184 g/mol. The lowest BCUT2D eigenvalue weighted by Gasteiger charge is -2.19. The fraction of sp³-hybridized carbons (Fsp3) is 1.00. The van der Waals surface area contributed by atoms with E-state index in [1.165, 1.54) is 0 Å². The predicted molar refractivity (Wildman–Crippen MR) is 56.5 cm³/mol. The van der Waals surface area contributed by atoms with Crippen LogP contribution in [0.4, 0.5) is 0 Å². The lowest BCUT2D eigenvalue weighted by molar-refractivity contribution is -0.0177. The maximum Gasteiger partial charge on any atom is 0.103 e. The molecule has 0 aromatic carbocycles. The third-order valence-electron chi connectivity index (χ3n) is 2.06. The Kier molecular flexibility index (Phi) is 5.79. The van der Waals surface area contributed by atoms with Gasteiger partial charge < -0.3 is 15.3 Å². The van der Waals surface area contributed by atoms with Crippen LogP contribution in [0.3, 0.4) is 0 Å². The summed E-state index contributed by atoms with van der Waals surface area (Å²) in [6.07, 6.45) is -0.206.